The van der Waals surface area contributed by atoms with Gasteiger partial charge in [-0.25, -0.2) is 0 Å². The van der Waals surface area contributed by atoms with Crippen molar-refractivity contribution >= 4 is 40.3 Å². The molecular weight excluding hydrogens is 288 g/mol. The topological polar surface area (TPSA) is 32.3 Å². The molecule has 0 aliphatic carbocycles. The molecule has 1 aromatic heterocycles. The summed E-state index contributed by atoms with van der Waals surface area (Å²) in [6.45, 7) is 0.848. The van der Waals surface area contributed by atoms with Crippen molar-refractivity contribution in [2.75, 3.05) is 11.4 Å². The number of thiocarbonyl (C=S) groups is 1. The number of para-hydroxylation sites is 1. The van der Waals surface area contributed by atoms with Crippen LogP contribution in [0.3, 0.4) is 0 Å². The molecule has 0 fully saturated rings. The molecule has 3 nitrogen and oxygen atoms in total. The van der Waals surface area contributed by atoms with Crippen molar-refractivity contribution < 1.29 is 4.79 Å². The summed E-state index contributed by atoms with van der Waals surface area (Å²) in [6, 6.07) is 11.9. The van der Waals surface area contributed by atoms with Crippen molar-refractivity contribution in [2.45, 2.75) is 12.8 Å². The smallest absolute Gasteiger partial charge is 0.267 e. The molecule has 0 atom stereocenters. The van der Waals surface area contributed by atoms with Gasteiger partial charge in [0.25, 0.3) is 5.91 Å². The Kier molecular flexibility index (Phi) is 3.80. The number of thiophene rings is 1. The van der Waals surface area contributed by atoms with Crippen LogP contribution in [-0.2, 0) is 6.42 Å². The molecule has 1 aliphatic heterocycles. The number of benzene rings is 1. The average Bonchev–Trinajstić information content (AvgIpc) is 3.01. The van der Waals surface area contributed by atoms with Crippen LogP contribution < -0.4 is 10.2 Å². The molecule has 20 heavy (non-hydrogen) atoms. The molecule has 0 spiro atoms. The summed E-state index contributed by atoms with van der Waals surface area (Å²) in [6.07, 6.45) is 2.11. The van der Waals surface area contributed by atoms with Crippen LogP contribution in [0, 0.1) is 0 Å². The molecule has 1 amide bonds. The van der Waals surface area contributed by atoms with Crippen LogP contribution in [0.1, 0.15) is 21.7 Å². The number of hydrogen-bond donors (Lipinski definition) is 1. The zero-order valence-corrected chi connectivity index (χ0v) is 12.5. The third kappa shape index (κ3) is 2.59. The van der Waals surface area contributed by atoms with E-state index in [1.165, 1.54) is 16.9 Å². The summed E-state index contributed by atoms with van der Waals surface area (Å²) in [7, 11) is 0. The van der Waals surface area contributed by atoms with E-state index in [0.29, 0.717) is 9.99 Å². The van der Waals surface area contributed by atoms with E-state index < -0.39 is 0 Å². The average molecular weight is 302 g/mol. The fourth-order valence-corrected chi connectivity index (χ4v) is 3.28. The molecule has 0 saturated carbocycles. The Balaban J connectivity index is 1.77. The van der Waals surface area contributed by atoms with Gasteiger partial charge in [-0.1, -0.05) is 24.3 Å². The summed E-state index contributed by atoms with van der Waals surface area (Å²) < 4.78 is 0. The van der Waals surface area contributed by atoms with Crippen molar-refractivity contribution in [3.05, 3.63) is 52.2 Å². The van der Waals surface area contributed by atoms with Gasteiger partial charge in [0, 0.05) is 12.2 Å². The van der Waals surface area contributed by atoms with Gasteiger partial charge in [-0.3, -0.25) is 10.1 Å². The summed E-state index contributed by atoms with van der Waals surface area (Å²) >= 11 is 6.81. The lowest BCUT2D eigenvalue weighted by Gasteiger charge is -2.31. The third-order valence-corrected chi connectivity index (χ3v) is 4.51. The Labute approximate surface area is 127 Å². The number of anilines is 1. The molecule has 5 heteroatoms. The number of amides is 1. The molecular formula is C15H14N2OS2. The number of fused-ring (bicyclic) bond motifs is 1. The first-order valence-electron chi connectivity index (χ1n) is 6.50. The van der Waals surface area contributed by atoms with E-state index in [1.54, 1.807) is 6.07 Å². The van der Waals surface area contributed by atoms with E-state index in [2.05, 4.69) is 17.4 Å². The van der Waals surface area contributed by atoms with Crippen molar-refractivity contribution in [1.82, 2.24) is 5.32 Å². The number of nitrogens with one attached hydrogen (secondary N) is 1. The van der Waals surface area contributed by atoms with Crippen LogP contribution >= 0.6 is 23.6 Å². The minimum Gasteiger partial charge on any atom is -0.318 e. The standard InChI is InChI=1S/C15H14N2OS2/c18-14(13-8-4-10-20-13)16-15(19)17-9-3-6-11-5-1-2-7-12(11)17/h1-2,4-5,7-8,10H,3,6,9H2,(H,16,18,19). The summed E-state index contributed by atoms with van der Waals surface area (Å²) in [5, 5.41) is 5.19. The fourth-order valence-electron chi connectivity index (χ4n) is 2.38. The predicted molar refractivity (Wildman–Crippen MR) is 86.5 cm³/mol. The number of carbonyl (C=O) groups is 1. The summed E-state index contributed by atoms with van der Waals surface area (Å²) in [5.41, 5.74) is 2.39. The fraction of sp³-hybridized carbons (Fsp3) is 0.200. The van der Waals surface area contributed by atoms with E-state index in [1.807, 2.05) is 28.5 Å². The molecule has 0 radical (unpaired) electrons. The molecule has 102 valence electrons. The highest BCUT2D eigenvalue weighted by Crippen LogP contribution is 2.26. The van der Waals surface area contributed by atoms with E-state index in [4.69, 9.17) is 12.2 Å². The first-order chi connectivity index (χ1) is 9.75. The minimum absolute atomic E-state index is 0.131. The molecule has 1 aromatic carbocycles. The second kappa shape index (κ2) is 5.73. The van der Waals surface area contributed by atoms with E-state index in [-0.39, 0.29) is 5.91 Å². The quantitative estimate of drug-likeness (QED) is 0.821. The molecule has 1 aliphatic rings. The number of nitrogens with zero attached hydrogens (tertiary/aromatic N) is 1. The van der Waals surface area contributed by atoms with Gasteiger partial charge in [0.2, 0.25) is 0 Å². The summed E-state index contributed by atoms with van der Waals surface area (Å²) in [5.74, 6) is -0.131. The van der Waals surface area contributed by atoms with Gasteiger partial charge in [-0.05, 0) is 48.1 Å². The molecule has 0 unspecified atom stereocenters. The van der Waals surface area contributed by atoms with Crippen molar-refractivity contribution in [2.24, 2.45) is 0 Å². The van der Waals surface area contributed by atoms with Gasteiger partial charge >= 0.3 is 0 Å². The largest absolute Gasteiger partial charge is 0.318 e. The number of hydrogen-bond acceptors (Lipinski definition) is 3. The van der Waals surface area contributed by atoms with E-state index >= 15 is 0 Å². The number of carbonyl (C=O) groups excluding carboxylic acids is 1. The Hall–Kier alpha value is -1.72. The lowest BCUT2D eigenvalue weighted by atomic mass is 10.0. The highest BCUT2D eigenvalue weighted by molar-refractivity contribution is 7.80. The van der Waals surface area contributed by atoms with Crippen LogP contribution in [-0.4, -0.2) is 17.6 Å². The van der Waals surface area contributed by atoms with E-state index in [0.717, 1.165) is 25.1 Å². The van der Waals surface area contributed by atoms with Gasteiger partial charge in [-0.15, -0.1) is 11.3 Å². The Bertz CT molecular complexity index is 637. The number of aryl methyl sites for hydroxylation is 1. The SMILES string of the molecule is O=C(NC(=S)N1CCCc2ccccc21)c1cccs1. The Morgan fingerprint density at radius 2 is 2.10 bits per heavy atom. The van der Waals surface area contributed by atoms with Crippen molar-refractivity contribution in [3.8, 4) is 0 Å². The van der Waals surface area contributed by atoms with Crippen LogP contribution in [0.25, 0.3) is 0 Å². The maximum absolute atomic E-state index is 12.1. The highest BCUT2D eigenvalue weighted by Gasteiger charge is 2.21. The zero-order chi connectivity index (χ0) is 13.9. The Morgan fingerprint density at radius 1 is 1.25 bits per heavy atom. The normalized spacial score (nSPS) is 13.7. The van der Waals surface area contributed by atoms with Crippen LogP contribution in [0.2, 0.25) is 0 Å². The van der Waals surface area contributed by atoms with Gasteiger partial charge in [-0.2, -0.15) is 0 Å². The highest BCUT2D eigenvalue weighted by atomic mass is 32.1. The third-order valence-electron chi connectivity index (χ3n) is 3.32. The first kappa shape index (κ1) is 13.3. The maximum Gasteiger partial charge on any atom is 0.267 e. The zero-order valence-electron chi connectivity index (χ0n) is 10.8. The monoisotopic (exact) mass is 302 g/mol. The van der Waals surface area contributed by atoms with E-state index in [9.17, 15) is 4.79 Å². The van der Waals surface area contributed by atoms with Crippen molar-refractivity contribution in [1.29, 1.82) is 0 Å². The van der Waals surface area contributed by atoms with Crippen LogP contribution in [0.15, 0.2) is 41.8 Å². The van der Waals surface area contributed by atoms with Crippen LogP contribution in [0.5, 0.6) is 0 Å². The molecule has 2 heterocycles. The summed E-state index contributed by atoms with van der Waals surface area (Å²) in [4.78, 5) is 14.7. The second-order valence-corrected chi connectivity index (χ2v) is 5.95. The van der Waals surface area contributed by atoms with Crippen molar-refractivity contribution in [3.63, 3.8) is 0 Å². The van der Waals surface area contributed by atoms with Gasteiger partial charge in [0.05, 0.1) is 4.88 Å². The first-order valence-corrected chi connectivity index (χ1v) is 7.79. The maximum atomic E-state index is 12.1. The molecule has 3 rings (SSSR count). The molecule has 2 aromatic rings. The van der Waals surface area contributed by atoms with Crippen LogP contribution in [0.4, 0.5) is 5.69 Å². The lowest BCUT2D eigenvalue weighted by molar-refractivity contribution is 0.0981. The second-order valence-electron chi connectivity index (χ2n) is 4.62. The van der Waals surface area contributed by atoms with Gasteiger partial charge in [0.15, 0.2) is 5.11 Å². The predicted octanol–water partition coefficient (Wildman–Crippen LogP) is 3.22. The van der Waals surface area contributed by atoms with Gasteiger partial charge < -0.3 is 4.90 Å². The Morgan fingerprint density at radius 3 is 2.90 bits per heavy atom. The molecule has 1 N–H and O–H groups in total. The van der Waals surface area contributed by atoms with Gasteiger partial charge in [0.1, 0.15) is 0 Å². The number of rotatable bonds is 1. The molecule has 0 bridgehead atoms. The lowest BCUT2D eigenvalue weighted by Crippen LogP contribution is -2.44. The molecule has 0 saturated heterocycles. The minimum atomic E-state index is -0.131.